The van der Waals surface area contributed by atoms with E-state index in [2.05, 4.69) is 4.98 Å². The molecule has 0 spiro atoms. The van der Waals surface area contributed by atoms with E-state index in [-0.39, 0.29) is 11.0 Å². The van der Waals surface area contributed by atoms with E-state index in [1.165, 1.54) is 12.0 Å². The molecule has 112 valence electrons. The standard InChI is InChI=1S/C14H12ClF3N2O/c1-20(10-3-5-11(21-2)6-4-10)13-8-9(14(16,17)18)7-12(15)19-13/h3-8H,1-2H3. The molecule has 0 radical (unpaired) electrons. The van der Waals surface area contributed by atoms with Crippen LogP contribution in [0.3, 0.4) is 0 Å². The van der Waals surface area contributed by atoms with Crippen LogP contribution in [0.2, 0.25) is 5.15 Å². The average Bonchev–Trinajstić information content (AvgIpc) is 2.45. The van der Waals surface area contributed by atoms with E-state index >= 15 is 0 Å². The topological polar surface area (TPSA) is 25.4 Å². The summed E-state index contributed by atoms with van der Waals surface area (Å²) in [6.07, 6.45) is -4.47. The van der Waals surface area contributed by atoms with Gasteiger partial charge in [-0.1, -0.05) is 11.6 Å². The molecule has 2 aromatic rings. The number of pyridine rings is 1. The Bertz CT molecular complexity index is 629. The zero-order valence-corrected chi connectivity index (χ0v) is 12.0. The molecule has 1 aromatic carbocycles. The fraction of sp³-hybridized carbons (Fsp3) is 0.214. The van der Waals surface area contributed by atoms with Gasteiger partial charge in [-0.2, -0.15) is 13.2 Å². The summed E-state index contributed by atoms with van der Waals surface area (Å²) in [6, 6.07) is 8.61. The van der Waals surface area contributed by atoms with Crippen molar-refractivity contribution >= 4 is 23.1 Å². The van der Waals surface area contributed by atoms with Gasteiger partial charge in [-0.25, -0.2) is 4.98 Å². The molecular weight excluding hydrogens is 305 g/mol. The number of alkyl halides is 3. The van der Waals surface area contributed by atoms with Crippen LogP contribution < -0.4 is 9.64 Å². The number of hydrogen-bond donors (Lipinski definition) is 0. The first-order valence-electron chi connectivity index (χ1n) is 5.94. The number of rotatable bonds is 3. The third kappa shape index (κ3) is 3.58. The molecule has 0 aliphatic rings. The highest BCUT2D eigenvalue weighted by molar-refractivity contribution is 6.29. The Kier molecular flexibility index (Phi) is 4.27. The van der Waals surface area contributed by atoms with Gasteiger partial charge in [-0.3, -0.25) is 0 Å². The number of anilines is 2. The number of benzene rings is 1. The molecule has 7 heteroatoms. The first kappa shape index (κ1) is 15.4. The van der Waals surface area contributed by atoms with Gasteiger partial charge >= 0.3 is 6.18 Å². The average molecular weight is 317 g/mol. The van der Waals surface area contributed by atoms with Gasteiger partial charge < -0.3 is 9.64 Å². The van der Waals surface area contributed by atoms with Crippen molar-refractivity contribution in [2.24, 2.45) is 0 Å². The first-order chi connectivity index (χ1) is 9.81. The van der Waals surface area contributed by atoms with Crippen LogP contribution in [-0.2, 0) is 6.18 Å². The molecule has 0 aliphatic heterocycles. The van der Waals surface area contributed by atoms with E-state index in [1.807, 2.05) is 0 Å². The SMILES string of the molecule is COc1ccc(N(C)c2cc(C(F)(F)F)cc(Cl)n2)cc1. The first-order valence-corrected chi connectivity index (χ1v) is 6.31. The molecule has 0 aliphatic carbocycles. The molecule has 3 nitrogen and oxygen atoms in total. The van der Waals surface area contributed by atoms with Gasteiger partial charge in [0.25, 0.3) is 0 Å². The summed E-state index contributed by atoms with van der Waals surface area (Å²) in [6.45, 7) is 0. The van der Waals surface area contributed by atoms with E-state index in [9.17, 15) is 13.2 Å². The van der Waals surface area contributed by atoms with Gasteiger partial charge in [0.1, 0.15) is 16.7 Å². The molecule has 0 amide bonds. The summed E-state index contributed by atoms with van der Waals surface area (Å²) in [5, 5.41) is -0.208. The highest BCUT2D eigenvalue weighted by Gasteiger charge is 2.32. The fourth-order valence-electron chi connectivity index (χ4n) is 1.76. The molecule has 0 saturated carbocycles. The number of halogens is 4. The monoisotopic (exact) mass is 316 g/mol. The number of ether oxygens (including phenoxy) is 1. The van der Waals surface area contributed by atoms with Crippen molar-refractivity contribution < 1.29 is 17.9 Å². The van der Waals surface area contributed by atoms with Crippen LogP contribution in [0, 0.1) is 0 Å². The second-order valence-electron chi connectivity index (χ2n) is 4.29. The molecule has 0 unspecified atom stereocenters. The third-order valence-electron chi connectivity index (χ3n) is 2.91. The van der Waals surface area contributed by atoms with E-state index in [1.54, 1.807) is 31.3 Å². The smallest absolute Gasteiger partial charge is 0.416 e. The molecular formula is C14H12ClF3N2O. The number of methoxy groups -OCH3 is 1. The van der Waals surface area contributed by atoms with Crippen molar-refractivity contribution in [3.05, 3.63) is 47.1 Å². The van der Waals surface area contributed by atoms with Gasteiger partial charge in [0.15, 0.2) is 0 Å². The normalized spacial score (nSPS) is 11.3. The summed E-state index contributed by atoms with van der Waals surface area (Å²) < 4.78 is 43.4. The summed E-state index contributed by atoms with van der Waals surface area (Å²) in [5.74, 6) is 0.766. The molecule has 0 atom stereocenters. The zero-order valence-electron chi connectivity index (χ0n) is 11.3. The van der Waals surface area contributed by atoms with Crippen molar-refractivity contribution in [3.63, 3.8) is 0 Å². The Morgan fingerprint density at radius 3 is 2.29 bits per heavy atom. The summed E-state index contributed by atoms with van der Waals surface area (Å²) in [5.41, 5.74) is -0.170. The van der Waals surface area contributed by atoms with Gasteiger partial charge in [-0.15, -0.1) is 0 Å². The molecule has 21 heavy (non-hydrogen) atoms. The number of hydrogen-bond acceptors (Lipinski definition) is 3. The third-order valence-corrected chi connectivity index (χ3v) is 3.10. The molecule has 2 rings (SSSR count). The summed E-state index contributed by atoms with van der Waals surface area (Å²) >= 11 is 5.68. The van der Waals surface area contributed by atoms with Crippen molar-refractivity contribution in [1.29, 1.82) is 0 Å². The summed E-state index contributed by atoms with van der Waals surface area (Å²) in [4.78, 5) is 5.44. The van der Waals surface area contributed by atoms with Crippen molar-refractivity contribution in [2.45, 2.75) is 6.18 Å². The van der Waals surface area contributed by atoms with Gasteiger partial charge in [0, 0.05) is 12.7 Å². The Morgan fingerprint density at radius 1 is 1.14 bits per heavy atom. The Labute approximate surface area is 124 Å². The predicted molar refractivity (Wildman–Crippen MR) is 75.3 cm³/mol. The molecule has 0 bridgehead atoms. The largest absolute Gasteiger partial charge is 0.497 e. The molecule has 1 heterocycles. The van der Waals surface area contributed by atoms with Crippen LogP contribution in [0.5, 0.6) is 5.75 Å². The van der Waals surface area contributed by atoms with Crippen molar-refractivity contribution in [1.82, 2.24) is 4.98 Å². The van der Waals surface area contributed by atoms with E-state index in [0.29, 0.717) is 11.4 Å². The minimum absolute atomic E-state index is 0.111. The van der Waals surface area contributed by atoms with Gasteiger partial charge in [0.05, 0.1) is 12.7 Å². The second kappa shape index (κ2) is 5.81. The van der Waals surface area contributed by atoms with Crippen LogP contribution in [0.25, 0.3) is 0 Å². The second-order valence-corrected chi connectivity index (χ2v) is 4.68. The lowest BCUT2D eigenvalue weighted by molar-refractivity contribution is -0.137. The molecule has 0 saturated heterocycles. The lowest BCUT2D eigenvalue weighted by Gasteiger charge is -2.20. The van der Waals surface area contributed by atoms with Crippen molar-refractivity contribution in [2.75, 3.05) is 19.1 Å². The zero-order chi connectivity index (χ0) is 15.6. The van der Waals surface area contributed by atoms with Crippen LogP contribution in [0.4, 0.5) is 24.7 Å². The van der Waals surface area contributed by atoms with E-state index < -0.39 is 11.7 Å². The van der Waals surface area contributed by atoms with Crippen LogP contribution in [0.15, 0.2) is 36.4 Å². The Hall–Kier alpha value is -1.95. The molecule has 1 aromatic heterocycles. The maximum atomic E-state index is 12.8. The maximum absolute atomic E-state index is 12.8. The van der Waals surface area contributed by atoms with Gasteiger partial charge in [-0.05, 0) is 36.4 Å². The van der Waals surface area contributed by atoms with E-state index in [0.717, 1.165) is 12.1 Å². The minimum atomic E-state index is -4.47. The molecule has 0 fully saturated rings. The Morgan fingerprint density at radius 2 is 1.76 bits per heavy atom. The number of aromatic nitrogens is 1. The molecule has 0 N–H and O–H groups in total. The quantitative estimate of drug-likeness (QED) is 0.778. The summed E-state index contributed by atoms with van der Waals surface area (Å²) in [7, 11) is 3.15. The maximum Gasteiger partial charge on any atom is 0.416 e. The van der Waals surface area contributed by atoms with E-state index in [4.69, 9.17) is 16.3 Å². The van der Waals surface area contributed by atoms with Gasteiger partial charge in [0.2, 0.25) is 0 Å². The fourth-order valence-corrected chi connectivity index (χ4v) is 1.96. The van der Waals surface area contributed by atoms with Crippen LogP contribution in [0.1, 0.15) is 5.56 Å². The van der Waals surface area contributed by atoms with Crippen molar-refractivity contribution in [3.8, 4) is 5.75 Å². The highest BCUT2D eigenvalue weighted by Crippen LogP contribution is 2.34. The Balaban J connectivity index is 2.38. The number of nitrogens with zero attached hydrogens (tertiary/aromatic N) is 2. The predicted octanol–water partition coefficient (Wildman–Crippen LogP) is 4.53. The highest BCUT2D eigenvalue weighted by atomic mass is 35.5. The lowest BCUT2D eigenvalue weighted by atomic mass is 10.2. The minimum Gasteiger partial charge on any atom is -0.497 e. The van der Waals surface area contributed by atoms with Crippen LogP contribution in [-0.4, -0.2) is 19.1 Å². The lowest BCUT2D eigenvalue weighted by Crippen LogP contribution is -2.14. The van der Waals surface area contributed by atoms with Crippen LogP contribution >= 0.6 is 11.6 Å².